The predicted octanol–water partition coefficient (Wildman–Crippen LogP) is 2.77. The van der Waals surface area contributed by atoms with Crippen molar-refractivity contribution in [2.75, 3.05) is 167 Å². The zero-order valence-corrected chi connectivity index (χ0v) is 43.9. The van der Waals surface area contributed by atoms with Crippen molar-refractivity contribution in [3.8, 4) is 0 Å². The van der Waals surface area contributed by atoms with E-state index in [1.165, 1.54) is 0 Å². The van der Waals surface area contributed by atoms with Crippen LogP contribution in [0, 0.1) is 0 Å². The van der Waals surface area contributed by atoms with Gasteiger partial charge in [-0.3, -0.25) is 24.0 Å². The fourth-order valence-corrected chi connectivity index (χ4v) is 6.62. The molecule has 0 heterocycles. The van der Waals surface area contributed by atoms with Gasteiger partial charge in [0, 0.05) is 85.3 Å². The minimum absolute atomic E-state index is 0.00582. The molecule has 0 aliphatic heterocycles. The third kappa shape index (κ3) is 43.4. The monoisotopic (exact) mass is 1030 g/mol. The Hall–Kier alpha value is -1.96. The molecule has 0 saturated carbocycles. The van der Waals surface area contributed by atoms with E-state index >= 15 is 0 Å². The highest BCUT2D eigenvalue weighted by Crippen LogP contribution is 2.47. The SMILES string of the molecule is COCCOCCCC(=O)CCC(NC(=O)CCC(NC(=O)CCOCCOCCOCCOCCOCCOCCOP(O)(=S)C(C)C)C(=O)CCCOCCOC)C(=O)CCCOCCOC. The number of hydrogen-bond donors (Lipinski definition) is 3. The Morgan fingerprint density at radius 2 is 0.739 bits per heavy atom. The van der Waals surface area contributed by atoms with Gasteiger partial charge < -0.3 is 76.9 Å². The Labute approximate surface area is 416 Å². The summed E-state index contributed by atoms with van der Waals surface area (Å²) in [6, 6.07) is -1.85. The summed E-state index contributed by atoms with van der Waals surface area (Å²) in [5.74, 6) is -1.42. The highest BCUT2D eigenvalue weighted by atomic mass is 32.5. The van der Waals surface area contributed by atoms with Crippen LogP contribution in [0.4, 0.5) is 0 Å². The van der Waals surface area contributed by atoms with Gasteiger partial charge in [0.15, 0.2) is 18.1 Å². The lowest BCUT2D eigenvalue weighted by molar-refractivity contribution is -0.130. The lowest BCUT2D eigenvalue weighted by atomic mass is 9.99. The molecule has 0 aromatic rings. The van der Waals surface area contributed by atoms with Crippen molar-refractivity contribution in [1.82, 2.24) is 10.6 Å². The molecule has 0 aromatic heterocycles. The smallest absolute Gasteiger partial charge is 0.222 e. The fraction of sp³-hybridized carbons (Fsp3) is 0.891. The molecule has 0 rings (SSSR count). The van der Waals surface area contributed by atoms with Crippen LogP contribution in [0.5, 0.6) is 0 Å². The Morgan fingerprint density at radius 1 is 0.420 bits per heavy atom. The minimum atomic E-state index is -2.75. The van der Waals surface area contributed by atoms with E-state index in [0.717, 1.165) is 0 Å². The average Bonchev–Trinajstić information content (AvgIpc) is 3.32. The topological polar surface area (TPSA) is 250 Å². The van der Waals surface area contributed by atoms with Gasteiger partial charge in [0.25, 0.3) is 0 Å². The van der Waals surface area contributed by atoms with Crippen molar-refractivity contribution in [3.63, 3.8) is 0 Å². The first-order chi connectivity index (χ1) is 33.4. The first-order valence-corrected chi connectivity index (χ1v) is 26.9. The number of ether oxygens (including phenoxy) is 12. The van der Waals surface area contributed by atoms with E-state index in [1.807, 2.05) is 13.8 Å². The van der Waals surface area contributed by atoms with E-state index in [-0.39, 0.29) is 101 Å². The Balaban J connectivity index is 4.68. The lowest BCUT2D eigenvalue weighted by Crippen LogP contribution is -2.44. The van der Waals surface area contributed by atoms with Crippen LogP contribution in [0.25, 0.3) is 0 Å². The molecular formula is C46H87N2O19PS. The summed E-state index contributed by atoms with van der Waals surface area (Å²) >= 11 is 5.06. The van der Waals surface area contributed by atoms with Crippen LogP contribution in [-0.2, 0) is 97.1 Å². The molecule has 2 amide bonds. The highest BCUT2D eigenvalue weighted by molar-refractivity contribution is 8.09. The average molecular weight is 1040 g/mol. The first-order valence-electron chi connectivity index (χ1n) is 24.2. The first kappa shape index (κ1) is 67.0. The van der Waals surface area contributed by atoms with Gasteiger partial charge in [-0.1, -0.05) is 13.8 Å². The summed E-state index contributed by atoms with van der Waals surface area (Å²) in [4.78, 5) is 75.5. The molecule has 0 aliphatic carbocycles. The van der Waals surface area contributed by atoms with Crippen molar-refractivity contribution >= 4 is 47.5 Å². The standard InChI is InChI=1S/C46H87N2O19PS/c1-39(2)68(54,69)67-38-37-66-36-35-65-34-33-64-32-31-63-30-29-62-28-27-61-20-16-46(53)48-42(44(51)11-8-19-60-26-23-57-5)14-15-45(52)47-41(43(50)10-7-18-59-25-22-56-4)13-12-40(49)9-6-17-58-24-21-55-3/h39,41-42H,6-38H2,1-5H3,(H,47,52)(H,48,53)(H,54,69). The van der Waals surface area contributed by atoms with Crippen molar-refractivity contribution in [2.45, 2.75) is 102 Å². The van der Waals surface area contributed by atoms with Gasteiger partial charge in [-0.25, -0.2) is 0 Å². The molecule has 3 atom stereocenters. The Kier molecular flexibility index (Phi) is 46.9. The molecule has 0 spiro atoms. The second-order valence-electron chi connectivity index (χ2n) is 15.8. The quantitative estimate of drug-likeness (QED) is 0.0585. The molecular weight excluding hydrogens is 948 g/mol. The number of amides is 2. The number of carbonyl (C=O) groups is 5. The fourth-order valence-electron chi connectivity index (χ4n) is 5.76. The number of carbonyl (C=O) groups excluding carboxylic acids is 5. The van der Waals surface area contributed by atoms with Gasteiger partial charge in [-0.2, -0.15) is 0 Å². The molecule has 0 aliphatic rings. The molecule has 0 radical (unpaired) electrons. The second kappa shape index (κ2) is 48.3. The number of methoxy groups -OCH3 is 3. The molecule has 406 valence electrons. The van der Waals surface area contributed by atoms with Crippen LogP contribution >= 0.6 is 6.49 Å². The van der Waals surface area contributed by atoms with Gasteiger partial charge in [0.2, 0.25) is 11.8 Å². The summed E-state index contributed by atoms with van der Waals surface area (Å²) in [6.07, 6.45) is 1.99. The van der Waals surface area contributed by atoms with Crippen molar-refractivity contribution in [3.05, 3.63) is 0 Å². The number of ketones is 3. The van der Waals surface area contributed by atoms with Crippen molar-refractivity contribution < 1.29 is 90.2 Å². The third-order valence-corrected chi connectivity index (χ3v) is 13.2. The van der Waals surface area contributed by atoms with Crippen molar-refractivity contribution in [1.29, 1.82) is 0 Å². The molecule has 0 fully saturated rings. The van der Waals surface area contributed by atoms with Gasteiger partial charge in [-0.15, -0.1) is 0 Å². The zero-order chi connectivity index (χ0) is 51.1. The third-order valence-electron chi connectivity index (χ3n) is 9.77. The van der Waals surface area contributed by atoms with Crippen LogP contribution in [-0.4, -0.2) is 218 Å². The highest BCUT2D eigenvalue weighted by Gasteiger charge is 2.25. The second-order valence-corrected chi connectivity index (χ2v) is 19.8. The Bertz CT molecular complexity index is 1340. The summed E-state index contributed by atoms with van der Waals surface area (Å²) < 4.78 is 69.6. The largest absolute Gasteiger partial charge is 0.382 e. The van der Waals surface area contributed by atoms with E-state index in [2.05, 4.69) is 10.6 Å². The van der Waals surface area contributed by atoms with Crippen LogP contribution in [0.2, 0.25) is 0 Å². The van der Waals surface area contributed by atoms with Crippen LogP contribution in [0.15, 0.2) is 0 Å². The van der Waals surface area contributed by atoms with Gasteiger partial charge in [-0.05, 0) is 43.9 Å². The lowest BCUT2D eigenvalue weighted by Gasteiger charge is -2.20. The predicted molar refractivity (Wildman–Crippen MR) is 260 cm³/mol. The van der Waals surface area contributed by atoms with E-state index in [0.29, 0.717) is 138 Å². The van der Waals surface area contributed by atoms with Gasteiger partial charge >= 0.3 is 0 Å². The van der Waals surface area contributed by atoms with E-state index in [1.54, 1.807) is 21.3 Å². The van der Waals surface area contributed by atoms with E-state index in [4.69, 9.17) is 73.2 Å². The van der Waals surface area contributed by atoms with Crippen LogP contribution in [0.1, 0.15) is 84.5 Å². The van der Waals surface area contributed by atoms with E-state index < -0.39 is 30.4 Å². The summed E-state index contributed by atoms with van der Waals surface area (Å²) in [5.41, 5.74) is -0.0924. The normalized spacial score (nSPS) is 13.3. The number of Topliss-reactive ketones (excluding diaryl/α,β-unsaturated/α-hetero) is 3. The summed E-state index contributed by atoms with van der Waals surface area (Å²) in [7, 11) is 4.71. The van der Waals surface area contributed by atoms with Crippen LogP contribution in [0.3, 0.4) is 0 Å². The maximum Gasteiger partial charge on any atom is 0.222 e. The summed E-state index contributed by atoms with van der Waals surface area (Å²) in [6.45, 7) is 8.84. The molecule has 3 N–H and O–H groups in total. The van der Waals surface area contributed by atoms with Gasteiger partial charge in [0.1, 0.15) is 5.78 Å². The van der Waals surface area contributed by atoms with Crippen LogP contribution < -0.4 is 10.6 Å². The number of rotatable bonds is 54. The minimum Gasteiger partial charge on any atom is -0.382 e. The molecule has 0 saturated heterocycles. The van der Waals surface area contributed by atoms with Gasteiger partial charge in [0.05, 0.1) is 138 Å². The number of nitrogens with one attached hydrogen (secondary N) is 2. The molecule has 0 aromatic carbocycles. The summed E-state index contributed by atoms with van der Waals surface area (Å²) in [5, 5.41) is 5.54. The van der Waals surface area contributed by atoms with Crippen molar-refractivity contribution in [2.24, 2.45) is 0 Å². The molecule has 21 nitrogen and oxygen atoms in total. The maximum atomic E-state index is 13.3. The zero-order valence-electron chi connectivity index (χ0n) is 42.2. The Morgan fingerprint density at radius 3 is 1.13 bits per heavy atom. The molecule has 0 bridgehead atoms. The molecule has 23 heteroatoms. The maximum absolute atomic E-state index is 13.3. The van der Waals surface area contributed by atoms with E-state index in [9.17, 15) is 28.9 Å². The molecule has 69 heavy (non-hydrogen) atoms. The molecule has 3 unspecified atom stereocenters. The number of hydrogen-bond acceptors (Lipinski definition) is 19.